The van der Waals surface area contributed by atoms with Gasteiger partial charge in [-0.15, -0.1) is 0 Å². The summed E-state index contributed by atoms with van der Waals surface area (Å²) < 4.78 is 5.09. The van der Waals surface area contributed by atoms with Crippen molar-refractivity contribution in [1.29, 1.82) is 0 Å². The van der Waals surface area contributed by atoms with Crippen LogP contribution in [0.2, 0.25) is 0 Å². The molecule has 1 aromatic carbocycles. The number of benzene rings is 1. The molecule has 184 valence electrons. The van der Waals surface area contributed by atoms with Gasteiger partial charge in [-0.05, 0) is 80.9 Å². The van der Waals surface area contributed by atoms with Gasteiger partial charge in [0.2, 0.25) is 5.91 Å². The minimum atomic E-state index is -0.333. The Kier molecular flexibility index (Phi) is 6.89. The minimum Gasteiger partial charge on any atom is -0.450 e. The largest absolute Gasteiger partial charge is 0.450 e. The minimum absolute atomic E-state index is 0.0592. The topological polar surface area (TPSA) is 80.3 Å². The van der Waals surface area contributed by atoms with Crippen LogP contribution in [0.5, 0.6) is 0 Å². The van der Waals surface area contributed by atoms with Gasteiger partial charge in [0.05, 0.1) is 12.3 Å². The number of hydrogen-bond donors (Lipinski definition) is 2. The van der Waals surface area contributed by atoms with E-state index in [1.807, 2.05) is 13.1 Å². The molecule has 2 heterocycles. The maximum Gasteiger partial charge on any atom is 0.407 e. The van der Waals surface area contributed by atoms with Crippen LogP contribution in [0.1, 0.15) is 43.9 Å². The van der Waals surface area contributed by atoms with Crippen molar-refractivity contribution in [2.75, 3.05) is 13.2 Å². The molecule has 2 amide bonds. The van der Waals surface area contributed by atoms with E-state index in [0.717, 1.165) is 43.5 Å². The lowest BCUT2D eigenvalue weighted by atomic mass is 9.58. The molecule has 35 heavy (non-hydrogen) atoms. The Bertz CT molecular complexity index is 1100. The lowest BCUT2D eigenvalue weighted by molar-refractivity contribution is -0.125. The third-order valence-electron chi connectivity index (χ3n) is 8.18. The second-order valence-corrected chi connectivity index (χ2v) is 10.3. The second kappa shape index (κ2) is 10.2. The number of rotatable bonds is 5. The van der Waals surface area contributed by atoms with Crippen molar-refractivity contribution < 1.29 is 14.3 Å². The standard InChI is InChI=1S/C29H35N3O3/c1-3-35-29(34)32-23-10-11-24-21(14-23)15-26-27(17-31-28(26)33)25(24)12-9-22-8-7-20(16-30-22)19-6-4-5-18(2)13-19/h4-9,12-13,16,21,23-27H,3,10-11,14-15,17H2,1-2H3,(H,31,33)(H,32,34)/b12-9+/t21-,23+,24+,25-,26+,27-/m0/s1. The van der Waals surface area contributed by atoms with E-state index in [9.17, 15) is 9.59 Å². The van der Waals surface area contributed by atoms with Gasteiger partial charge in [-0.25, -0.2) is 4.79 Å². The highest BCUT2D eigenvalue weighted by Gasteiger charge is 2.50. The third kappa shape index (κ3) is 5.12. The lowest BCUT2D eigenvalue weighted by Gasteiger charge is -2.47. The van der Waals surface area contributed by atoms with Gasteiger partial charge in [-0.3, -0.25) is 9.78 Å². The molecule has 2 aromatic rings. The van der Waals surface area contributed by atoms with Crippen LogP contribution in [0.4, 0.5) is 4.79 Å². The van der Waals surface area contributed by atoms with Crippen LogP contribution in [-0.2, 0) is 9.53 Å². The average molecular weight is 474 g/mol. The number of ether oxygens (including phenoxy) is 1. The Morgan fingerprint density at radius 2 is 2.06 bits per heavy atom. The number of fused-ring (bicyclic) bond motifs is 2. The number of nitrogens with one attached hydrogen (secondary N) is 2. The highest BCUT2D eigenvalue weighted by molar-refractivity contribution is 5.81. The SMILES string of the molecule is CCOC(=O)N[C@@H]1CC[C@@H]2[C@@H](C1)C[C@H]1C(=O)NC[C@H]1[C@H]2/C=C/c1ccc(-c2cccc(C)c2)cn1. The lowest BCUT2D eigenvalue weighted by Crippen LogP contribution is -2.47. The predicted octanol–water partition coefficient (Wildman–Crippen LogP) is 4.98. The molecule has 2 aliphatic carbocycles. The van der Waals surface area contributed by atoms with Crippen LogP contribution < -0.4 is 10.6 Å². The molecule has 3 fully saturated rings. The van der Waals surface area contributed by atoms with E-state index in [4.69, 9.17) is 9.72 Å². The molecule has 0 radical (unpaired) electrons. The summed E-state index contributed by atoms with van der Waals surface area (Å²) in [5, 5.41) is 6.14. The van der Waals surface area contributed by atoms with Gasteiger partial charge in [0.1, 0.15) is 0 Å². The highest BCUT2D eigenvalue weighted by Crippen LogP contribution is 2.50. The first kappa shape index (κ1) is 23.6. The highest BCUT2D eigenvalue weighted by atomic mass is 16.5. The molecular formula is C29H35N3O3. The summed E-state index contributed by atoms with van der Waals surface area (Å²) in [6.07, 6.45) is 9.87. The molecule has 6 heteroatoms. The van der Waals surface area contributed by atoms with Crippen molar-refractivity contribution in [2.24, 2.45) is 29.6 Å². The van der Waals surface area contributed by atoms with Crippen LogP contribution >= 0.6 is 0 Å². The van der Waals surface area contributed by atoms with Crippen LogP contribution in [0.3, 0.4) is 0 Å². The molecular weight excluding hydrogens is 438 g/mol. The molecule has 0 bridgehead atoms. The molecule has 5 rings (SSSR count). The van der Waals surface area contributed by atoms with Crippen LogP contribution in [0.25, 0.3) is 17.2 Å². The zero-order chi connectivity index (χ0) is 24.4. The Balaban J connectivity index is 1.31. The molecule has 0 unspecified atom stereocenters. The van der Waals surface area contributed by atoms with Gasteiger partial charge in [0.15, 0.2) is 0 Å². The predicted molar refractivity (Wildman–Crippen MR) is 136 cm³/mol. The summed E-state index contributed by atoms with van der Waals surface area (Å²) in [5.74, 6) is 1.86. The number of alkyl carbamates (subject to hydrolysis) is 1. The zero-order valence-electron chi connectivity index (χ0n) is 20.6. The number of amides is 2. The normalized spacial score (nSPS) is 29.8. The Labute approximate surface area is 207 Å². The number of aromatic nitrogens is 1. The van der Waals surface area contributed by atoms with E-state index in [0.29, 0.717) is 30.3 Å². The van der Waals surface area contributed by atoms with Crippen molar-refractivity contribution in [3.8, 4) is 11.1 Å². The number of nitrogens with zero attached hydrogens (tertiary/aromatic N) is 1. The Morgan fingerprint density at radius 3 is 2.83 bits per heavy atom. The van der Waals surface area contributed by atoms with Gasteiger partial charge in [0.25, 0.3) is 0 Å². The summed E-state index contributed by atoms with van der Waals surface area (Å²) in [5.41, 5.74) is 4.46. The number of carbonyl (C=O) groups is 2. The summed E-state index contributed by atoms with van der Waals surface area (Å²) >= 11 is 0. The fourth-order valence-corrected chi connectivity index (χ4v) is 6.55. The second-order valence-electron chi connectivity index (χ2n) is 10.3. The van der Waals surface area contributed by atoms with Gasteiger partial charge in [-0.1, -0.05) is 42.0 Å². The van der Waals surface area contributed by atoms with Crippen molar-refractivity contribution in [2.45, 2.75) is 45.6 Å². The fourth-order valence-electron chi connectivity index (χ4n) is 6.55. The molecule has 1 saturated heterocycles. The van der Waals surface area contributed by atoms with Gasteiger partial charge >= 0.3 is 6.09 Å². The summed E-state index contributed by atoms with van der Waals surface area (Å²) in [6.45, 7) is 5.05. The van der Waals surface area contributed by atoms with Crippen LogP contribution in [-0.4, -0.2) is 36.2 Å². The van der Waals surface area contributed by atoms with Crippen molar-refractivity contribution in [3.63, 3.8) is 0 Å². The molecule has 1 aliphatic heterocycles. The number of allylic oxidation sites excluding steroid dienone is 1. The van der Waals surface area contributed by atoms with E-state index < -0.39 is 0 Å². The molecule has 3 aliphatic rings. The third-order valence-corrected chi connectivity index (χ3v) is 8.18. The average Bonchev–Trinajstić information content (AvgIpc) is 3.22. The van der Waals surface area contributed by atoms with Crippen LogP contribution in [0, 0.1) is 36.5 Å². The van der Waals surface area contributed by atoms with Crippen molar-refractivity contribution >= 4 is 18.1 Å². The van der Waals surface area contributed by atoms with Crippen molar-refractivity contribution in [1.82, 2.24) is 15.6 Å². The Hall–Kier alpha value is -3.15. The summed E-state index contributed by atoms with van der Waals surface area (Å²) in [6, 6.07) is 12.8. The molecule has 2 saturated carbocycles. The zero-order valence-corrected chi connectivity index (χ0v) is 20.6. The first-order chi connectivity index (χ1) is 17.0. The molecule has 1 aromatic heterocycles. The van der Waals surface area contributed by atoms with E-state index in [-0.39, 0.29) is 24.0 Å². The van der Waals surface area contributed by atoms with Gasteiger partial charge in [-0.2, -0.15) is 0 Å². The smallest absolute Gasteiger partial charge is 0.407 e. The van der Waals surface area contributed by atoms with E-state index in [2.05, 4.69) is 66.1 Å². The number of pyridine rings is 1. The number of aryl methyl sites for hydroxylation is 1. The van der Waals surface area contributed by atoms with Gasteiger partial charge in [0, 0.05) is 30.3 Å². The summed E-state index contributed by atoms with van der Waals surface area (Å²) in [4.78, 5) is 29.3. The summed E-state index contributed by atoms with van der Waals surface area (Å²) in [7, 11) is 0. The van der Waals surface area contributed by atoms with E-state index in [1.165, 1.54) is 11.1 Å². The van der Waals surface area contributed by atoms with E-state index in [1.54, 1.807) is 0 Å². The van der Waals surface area contributed by atoms with Gasteiger partial charge < -0.3 is 15.4 Å². The van der Waals surface area contributed by atoms with Crippen LogP contribution in [0.15, 0.2) is 48.7 Å². The fraction of sp³-hybridized carbons (Fsp3) is 0.483. The quantitative estimate of drug-likeness (QED) is 0.642. The molecule has 6 atom stereocenters. The molecule has 2 N–H and O–H groups in total. The maximum absolute atomic E-state index is 12.6. The first-order valence-electron chi connectivity index (χ1n) is 12.9. The Morgan fingerprint density at radius 1 is 1.17 bits per heavy atom. The number of carbonyl (C=O) groups excluding carboxylic acids is 2. The molecule has 6 nitrogen and oxygen atoms in total. The van der Waals surface area contributed by atoms with E-state index >= 15 is 0 Å². The maximum atomic E-state index is 12.6. The first-order valence-corrected chi connectivity index (χ1v) is 12.9. The monoisotopic (exact) mass is 473 g/mol. The number of hydrogen-bond acceptors (Lipinski definition) is 4. The molecule has 0 spiro atoms. The van der Waals surface area contributed by atoms with Crippen molar-refractivity contribution in [3.05, 3.63) is 59.9 Å².